The van der Waals surface area contributed by atoms with Crippen molar-refractivity contribution in [1.29, 1.82) is 0 Å². The van der Waals surface area contributed by atoms with Crippen LogP contribution in [0.5, 0.6) is 0 Å². The Morgan fingerprint density at radius 2 is 2.17 bits per heavy atom. The fourth-order valence-electron chi connectivity index (χ4n) is 1.70. The zero-order valence-corrected chi connectivity index (χ0v) is 10.1. The summed E-state index contributed by atoms with van der Waals surface area (Å²) < 4.78 is 37.7. The minimum absolute atomic E-state index is 0.332. The Labute approximate surface area is 106 Å². The van der Waals surface area contributed by atoms with Crippen LogP contribution in [0.1, 0.15) is 11.1 Å². The van der Waals surface area contributed by atoms with E-state index in [0.717, 1.165) is 12.1 Å². The van der Waals surface area contributed by atoms with Gasteiger partial charge in [0, 0.05) is 18.0 Å². The van der Waals surface area contributed by atoms with Gasteiger partial charge < -0.3 is 11.1 Å². The van der Waals surface area contributed by atoms with Crippen molar-refractivity contribution in [3.05, 3.63) is 29.3 Å². The zero-order chi connectivity index (χ0) is 13.3. The van der Waals surface area contributed by atoms with Crippen molar-refractivity contribution in [3.8, 4) is 0 Å². The van der Waals surface area contributed by atoms with E-state index in [1.807, 2.05) is 0 Å². The average Bonchev–Trinajstić information content (AvgIpc) is 2.48. The van der Waals surface area contributed by atoms with Crippen LogP contribution in [0.25, 0.3) is 0 Å². The molecular formula is C11H11F3N2OS. The fourth-order valence-corrected chi connectivity index (χ4v) is 2.68. The highest BCUT2D eigenvalue weighted by Crippen LogP contribution is 2.35. The minimum atomic E-state index is -4.35. The predicted octanol–water partition coefficient (Wildman–Crippen LogP) is 2.22. The van der Waals surface area contributed by atoms with Crippen LogP contribution in [0.15, 0.2) is 18.2 Å². The number of alkyl halides is 3. The SMILES string of the molecule is NC(=O)[C@@H]1CNc2ccc(C(F)(F)F)cc2CS1. The number of amides is 1. The average molecular weight is 276 g/mol. The van der Waals surface area contributed by atoms with Crippen molar-refractivity contribution in [2.75, 3.05) is 11.9 Å². The molecule has 0 aromatic heterocycles. The van der Waals surface area contributed by atoms with Gasteiger partial charge in [0.1, 0.15) is 5.25 Å². The quantitative estimate of drug-likeness (QED) is 0.827. The normalized spacial score (nSPS) is 19.6. The number of nitrogens with one attached hydrogen (secondary N) is 1. The summed E-state index contributed by atoms with van der Waals surface area (Å²) in [5, 5.41) is 2.52. The molecule has 18 heavy (non-hydrogen) atoms. The number of carbonyl (C=O) groups is 1. The van der Waals surface area contributed by atoms with Crippen LogP contribution in [-0.4, -0.2) is 17.7 Å². The highest BCUT2D eigenvalue weighted by Gasteiger charge is 2.31. The second-order valence-electron chi connectivity index (χ2n) is 3.95. The van der Waals surface area contributed by atoms with Crippen molar-refractivity contribution in [2.24, 2.45) is 5.73 Å². The van der Waals surface area contributed by atoms with E-state index in [2.05, 4.69) is 5.32 Å². The van der Waals surface area contributed by atoms with Gasteiger partial charge in [0.25, 0.3) is 0 Å². The molecule has 2 rings (SSSR count). The molecule has 1 amide bonds. The van der Waals surface area contributed by atoms with E-state index < -0.39 is 22.9 Å². The largest absolute Gasteiger partial charge is 0.416 e. The molecule has 0 unspecified atom stereocenters. The summed E-state index contributed by atoms with van der Waals surface area (Å²) in [4.78, 5) is 11.1. The zero-order valence-electron chi connectivity index (χ0n) is 9.25. The van der Waals surface area contributed by atoms with E-state index in [9.17, 15) is 18.0 Å². The van der Waals surface area contributed by atoms with Gasteiger partial charge in [-0.3, -0.25) is 4.79 Å². The first kappa shape index (κ1) is 13.1. The smallest absolute Gasteiger partial charge is 0.383 e. The lowest BCUT2D eigenvalue weighted by Crippen LogP contribution is -2.31. The van der Waals surface area contributed by atoms with Crippen LogP contribution < -0.4 is 11.1 Å². The minimum Gasteiger partial charge on any atom is -0.383 e. The summed E-state index contributed by atoms with van der Waals surface area (Å²) in [7, 11) is 0. The van der Waals surface area contributed by atoms with E-state index >= 15 is 0 Å². The maximum atomic E-state index is 12.6. The Morgan fingerprint density at radius 3 is 2.78 bits per heavy atom. The van der Waals surface area contributed by atoms with Gasteiger partial charge in [0.15, 0.2) is 0 Å². The number of thioether (sulfide) groups is 1. The van der Waals surface area contributed by atoms with Gasteiger partial charge >= 0.3 is 6.18 Å². The molecule has 1 atom stereocenters. The van der Waals surface area contributed by atoms with Crippen molar-refractivity contribution in [3.63, 3.8) is 0 Å². The number of hydrogen-bond donors (Lipinski definition) is 2. The third kappa shape index (κ3) is 2.72. The molecule has 0 saturated carbocycles. The molecule has 0 bridgehead atoms. The Bertz CT molecular complexity index is 476. The van der Waals surface area contributed by atoms with Crippen LogP contribution in [0, 0.1) is 0 Å². The van der Waals surface area contributed by atoms with E-state index in [4.69, 9.17) is 5.73 Å². The van der Waals surface area contributed by atoms with Crippen LogP contribution in [0.4, 0.5) is 18.9 Å². The van der Waals surface area contributed by atoms with Crippen molar-refractivity contribution in [1.82, 2.24) is 0 Å². The third-order valence-corrected chi connectivity index (χ3v) is 3.95. The molecule has 98 valence electrons. The van der Waals surface area contributed by atoms with E-state index in [-0.39, 0.29) is 0 Å². The number of primary amides is 1. The number of halogens is 3. The molecule has 0 aliphatic carbocycles. The van der Waals surface area contributed by atoms with Gasteiger partial charge in [-0.25, -0.2) is 0 Å². The maximum absolute atomic E-state index is 12.6. The number of fused-ring (bicyclic) bond motifs is 1. The molecule has 0 radical (unpaired) electrons. The highest BCUT2D eigenvalue weighted by molar-refractivity contribution is 7.99. The van der Waals surface area contributed by atoms with Gasteiger partial charge in [0.05, 0.1) is 5.56 Å². The molecular weight excluding hydrogens is 265 g/mol. The number of benzene rings is 1. The molecule has 0 spiro atoms. The van der Waals surface area contributed by atoms with E-state index in [1.165, 1.54) is 17.8 Å². The lowest BCUT2D eigenvalue weighted by atomic mass is 10.1. The molecule has 3 N–H and O–H groups in total. The second kappa shape index (κ2) is 4.72. The Hall–Kier alpha value is -1.37. The lowest BCUT2D eigenvalue weighted by Gasteiger charge is -2.11. The Morgan fingerprint density at radius 1 is 1.44 bits per heavy atom. The Balaban J connectivity index is 2.26. The predicted molar refractivity (Wildman–Crippen MR) is 64.2 cm³/mol. The number of anilines is 1. The number of hydrogen-bond acceptors (Lipinski definition) is 3. The van der Waals surface area contributed by atoms with Crippen molar-refractivity contribution >= 4 is 23.4 Å². The van der Waals surface area contributed by atoms with Crippen molar-refractivity contribution < 1.29 is 18.0 Å². The summed E-state index contributed by atoms with van der Waals surface area (Å²) >= 11 is 1.25. The molecule has 1 aromatic rings. The molecule has 1 aliphatic rings. The third-order valence-electron chi connectivity index (χ3n) is 2.67. The van der Waals surface area contributed by atoms with Gasteiger partial charge in [-0.2, -0.15) is 13.2 Å². The molecule has 1 heterocycles. The van der Waals surface area contributed by atoms with Gasteiger partial charge in [-0.15, -0.1) is 11.8 Å². The van der Waals surface area contributed by atoms with Crippen LogP contribution >= 0.6 is 11.8 Å². The second-order valence-corrected chi connectivity index (χ2v) is 5.14. The lowest BCUT2D eigenvalue weighted by molar-refractivity contribution is -0.137. The first-order chi connectivity index (χ1) is 8.38. The monoisotopic (exact) mass is 276 g/mol. The van der Waals surface area contributed by atoms with Gasteiger partial charge in [-0.05, 0) is 23.8 Å². The first-order valence-electron chi connectivity index (χ1n) is 5.23. The molecule has 3 nitrogen and oxygen atoms in total. The number of carbonyl (C=O) groups excluding carboxylic acids is 1. The topological polar surface area (TPSA) is 55.1 Å². The summed E-state index contributed by atoms with van der Waals surface area (Å²) in [6, 6.07) is 3.53. The number of rotatable bonds is 1. The summed E-state index contributed by atoms with van der Waals surface area (Å²) in [6.07, 6.45) is -4.35. The number of nitrogens with two attached hydrogens (primary N) is 1. The molecule has 1 aromatic carbocycles. The van der Waals surface area contributed by atoms with Crippen LogP contribution in [0.3, 0.4) is 0 Å². The van der Waals surface area contributed by atoms with E-state index in [1.54, 1.807) is 0 Å². The molecule has 0 fully saturated rings. The van der Waals surface area contributed by atoms with Gasteiger partial charge in [-0.1, -0.05) is 0 Å². The summed E-state index contributed by atoms with van der Waals surface area (Å²) in [5.74, 6) is -0.129. The fraction of sp³-hybridized carbons (Fsp3) is 0.364. The molecule has 1 aliphatic heterocycles. The summed E-state index contributed by atoms with van der Waals surface area (Å²) in [6.45, 7) is 0.332. The standard InChI is InChI=1S/C11H11F3N2OS/c12-11(13,14)7-1-2-8-6(3-7)5-18-9(4-16-8)10(15)17/h1-3,9,16H,4-5H2,(H2,15,17)/t9-/m0/s1. The van der Waals surface area contributed by atoms with Crippen LogP contribution in [-0.2, 0) is 16.7 Å². The Kier molecular flexibility index (Phi) is 3.43. The van der Waals surface area contributed by atoms with E-state index in [0.29, 0.717) is 23.5 Å². The van der Waals surface area contributed by atoms with Gasteiger partial charge in [0.2, 0.25) is 5.91 Å². The molecule has 0 saturated heterocycles. The molecule has 7 heteroatoms. The summed E-state index contributed by atoms with van der Waals surface area (Å²) in [5.41, 5.74) is 5.68. The van der Waals surface area contributed by atoms with Crippen LogP contribution in [0.2, 0.25) is 0 Å². The van der Waals surface area contributed by atoms with Crippen molar-refractivity contribution in [2.45, 2.75) is 17.2 Å². The highest BCUT2D eigenvalue weighted by atomic mass is 32.2. The maximum Gasteiger partial charge on any atom is 0.416 e. The first-order valence-corrected chi connectivity index (χ1v) is 6.27.